The molecular formula is C11H13BrO3. The third-order valence-electron chi connectivity index (χ3n) is 1.91. The summed E-state index contributed by atoms with van der Waals surface area (Å²) in [5, 5.41) is 0. The molecule has 0 radical (unpaired) electrons. The number of ether oxygens (including phenoxy) is 2. The van der Waals surface area contributed by atoms with Crippen LogP contribution in [0.5, 0.6) is 11.5 Å². The first-order valence-corrected chi connectivity index (χ1v) is 5.28. The van der Waals surface area contributed by atoms with Crippen molar-refractivity contribution in [1.29, 1.82) is 0 Å². The van der Waals surface area contributed by atoms with Gasteiger partial charge in [0.05, 0.1) is 7.11 Å². The van der Waals surface area contributed by atoms with Crippen LogP contribution < -0.4 is 9.47 Å². The van der Waals surface area contributed by atoms with Crippen LogP contribution >= 0.6 is 15.9 Å². The van der Waals surface area contributed by atoms with Gasteiger partial charge >= 0.3 is 0 Å². The zero-order valence-corrected chi connectivity index (χ0v) is 10.5. The van der Waals surface area contributed by atoms with Crippen molar-refractivity contribution in [3.63, 3.8) is 0 Å². The molecule has 0 aliphatic rings. The molecule has 4 heteroatoms. The van der Waals surface area contributed by atoms with Gasteiger partial charge in [0, 0.05) is 0 Å². The van der Waals surface area contributed by atoms with Crippen molar-refractivity contribution in [1.82, 2.24) is 0 Å². The van der Waals surface area contributed by atoms with Gasteiger partial charge in [0.25, 0.3) is 0 Å². The van der Waals surface area contributed by atoms with E-state index >= 15 is 0 Å². The number of benzene rings is 1. The van der Waals surface area contributed by atoms with Crippen LogP contribution in [0.15, 0.2) is 24.3 Å². The first-order chi connectivity index (χ1) is 6.97. The molecule has 0 aliphatic carbocycles. The first-order valence-electron chi connectivity index (χ1n) is 4.49. The molecule has 1 aromatic rings. The molecule has 0 atom stereocenters. The minimum Gasteiger partial charge on any atom is -0.493 e. The fraction of sp³-hybridized carbons (Fsp3) is 0.364. The summed E-state index contributed by atoms with van der Waals surface area (Å²) < 4.78 is 10.5. The maximum absolute atomic E-state index is 11.2. The van der Waals surface area contributed by atoms with Crippen molar-refractivity contribution in [2.75, 3.05) is 7.11 Å². The van der Waals surface area contributed by atoms with E-state index in [4.69, 9.17) is 9.47 Å². The molecule has 0 bridgehead atoms. The number of carbonyl (C=O) groups is 1. The minimum atomic E-state index is -0.908. The Morgan fingerprint density at radius 2 is 1.80 bits per heavy atom. The zero-order chi connectivity index (χ0) is 11.5. The van der Waals surface area contributed by atoms with Crippen LogP contribution in [0.25, 0.3) is 0 Å². The van der Waals surface area contributed by atoms with Crippen LogP contribution in [0.2, 0.25) is 0 Å². The smallest absolute Gasteiger partial charge is 0.240 e. The Bertz CT molecular complexity index is 361. The van der Waals surface area contributed by atoms with Gasteiger partial charge in [-0.25, -0.2) is 0 Å². The van der Waals surface area contributed by atoms with Crippen LogP contribution in [-0.4, -0.2) is 17.4 Å². The zero-order valence-electron chi connectivity index (χ0n) is 8.91. The van der Waals surface area contributed by atoms with E-state index in [2.05, 4.69) is 15.9 Å². The fourth-order valence-corrected chi connectivity index (χ4v) is 1.10. The third-order valence-corrected chi connectivity index (χ3v) is 2.86. The van der Waals surface area contributed by atoms with E-state index in [1.807, 2.05) is 12.1 Å². The summed E-state index contributed by atoms with van der Waals surface area (Å²) in [4.78, 5) is 11.2. The summed E-state index contributed by atoms with van der Waals surface area (Å²) in [6, 6.07) is 7.21. The van der Waals surface area contributed by atoms with Gasteiger partial charge in [-0.3, -0.25) is 4.79 Å². The first kappa shape index (κ1) is 12.0. The molecule has 0 aromatic heterocycles. The summed E-state index contributed by atoms with van der Waals surface area (Å²) in [5.41, 5.74) is -0.908. The molecule has 82 valence electrons. The predicted octanol–water partition coefficient (Wildman–Crippen LogP) is 2.77. The number of para-hydroxylation sites is 2. The molecule has 15 heavy (non-hydrogen) atoms. The Balaban J connectivity index is 2.94. The minimum absolute atomic E-state index is 0.207. The second-order valence-corrected chi connectivity index (χ2v) is 4.26. The van der Waals surface area contributed by atoms with Gasteiger partial charge in [-0.1, -0.05) is 12.1 Å². The fourth-order valence-electron chi connectivity index (χ4n) is 1.02. The van der Waals surface area contributed by atoms with Gasteiger partial charge in [0.15, 0.2) is 17.1 Å². The van der Waals surface area contributed by atoms with Crippen molar-refractivity contribution in [3.8, 4) is 11.5 Å². The van der Waals surface area contributed by atoms with Crippen molar-refractivity contribution in [2.45, 2.75) is 19.4 Å². The van der Waals surface area contributed by atoms with Crippen molar-refractivity contribution >= 4 is 20.6 Å². The lowest BCUT2D eigenvalue weighted by atomic mass is 10.1. The van der Waals surface area contributed by atoms with E-state index in [1.54, 1.807) is 33.1 Å². The van der Waals surface area contributed by atoms with Crippen LogP contribution in [0.4, 0.5) is 0 Å². The van der Waals surface area contributed by atoms with Crippen LogP contribution in [0, 0.1) is 0 Å². The van der Waals surface area contributed by atoms with Gasteiger partial charge in [0.1, 0.15) is 0 Å². The summed E-state index contributed by atoms with van der Waals surface area (Å²) in [5.74, 6) is 1.16. The largest absolute Gasteiger partial charge is 0.493 e. The molecule has 0 N–H and O–H groups in total. The second-order valence-electron chi connectivity index (χ2n) is 3.54. The molecule has 0 saturated heterocycles. The summed E-state index contributed by atoms with van der Waals surface area (Å²) in [7, 11) is 1.56. The molecule has 0 spiro atoms. The van der Waals surface area contributed by atoms with Gasteiger partial charge in [-0.2, -0.15) is 0 Å². The standard InChI is InChI=1S/C11H13BrO3/c1-11(2,10(12)13)15-9-7-5-4-6-8(9)14-3/h4-7H,1-3H3. The van der Waals surface area contributed by atoms with Crippen molar-refractivity contribution < 1.29 is 14.3 Å². The SMILES string of the molecule is COc1ccccc1OC(C)(C)C(=O)Br. The van der Waals surface area contributed by atoms with Crippen LogP contribution in [0.3, 0.4) is 0 Å². The van der Waals surface area contributed by atoms with Crippen molar-refractivity contribution in [2.24, 2.45) is 0 Å². The third kappa shape index (κ3) is 2.96. The highest BCUT2D eigenvalue weighted by molar-refractivity contribution is 9.18. The summed E-state index contributed by atoms with van der Waals surface area (Å²) in [6.45, 7) is 3.38. The molecule has 0 fully saturated rings. The lowest BCUT2D eigenvalue weighted by molar-refractivity contribution is -0.121. The monoisotopic (exact) mass is 272 g/mol. The molecule has 3 nitrogen and oxygen atoms in total. The molecule has 0 aliphatic heterocycles. The summed E-state index contributed by atoms with van der Waals surface area (Å²) in [6.07, 6.45) is 0. The average molecular weight is 273 g/mol. The number of hydrogen-bond acceptors (Lipinski definition) is 3. The maximum atomic E-state index is 11.2. The van der Waals surface area contributed by atoms with E-state index < -0.39 is 5.60 Å². The number of methoxy groups -OCH3 is 1. The number of halogens is 1. The molecule has 1 aromatic carbocycles. The van der Waals surface area contributed by atoms with Gasteiger partial charge in [-0.05, 0) is 41.9 Å². The average Bonchev–Trinajstić information content (AvgIpc) is 2.18. The van der Waals surface area contributed by atoms with Gasteiger partial charge in [0.2, 0.25) is 4.69 Å². The number of rotatable bonds is 4. The number of hydrogen-bond donors (Lipinski definition) is 0. The Kier molecular flexibility index (Phi) is 3.74. The van der Waals surface area contributed by atoms with Crippen LogP contribution in [0.1, 0.15) is 13.8 Å². The van der Waals surface area contributed by atoms with E-state index in [9.17, 15) is 4.79 Å². The quantitative estimate of drug-likeness (QED) is 0.791. The van der Waals surface area contributed by atoms with Crippen LogP contribution in [-0.2, 0) is 4.79 Å². The Morgan fingerprint density at radius 3 is 2.27 bits per heavy atom. The molecule has 0 amide bonds. The van der Waals surface area contributed by atoms with Gasteiger partial charge < -0.3 is 9.47 Å². The van der Waals surface area contributed by atoms with E-state index in [0.717, 1.165) is 0 Å². The highest BCUT2D eigenvalue weighted by Crippen LogP contribution is 2.30. The highest BCUT2D eigenvalue weighted by Gasteiger charge is 2.28. The van der Waals surface area contributed by atoms with E-state index in [1.165, 1.54) is 0 Å². The lowest BCUT2D eigenvalue weighted by Crippen LogP contribution is -2.34. The molecule has 0 saturated carbocycles. The maximum Gasteiger partial charge on any atom is 0.240 e. The Hall–Kier alpha value is -1.03. The Morgan fingerprint density at radius 1 is 1.27 bits per heavy atom. The molecule has 0 unspecified atom stereocenters. The second kappa shape index (κ2) is 4.66. The predicted molar refractivity (Wildman–Crippen MR) is 61.6 cm³/mol. The summed E-state index contributed by atoms with van der Waals surface area (Å²) >= 11 is 2.90. The van der Waals surface area contributed by atoms with Crippen molar-refractivity contribution in [3.05, 3.63) is 24.3 Å². The molecular weight excluding hydrogens is 260 g/mol. The highest BCUT2D eigenvalue weighted by atomic mass is 79.9. The van der Waals surface area contributed by atoms with E-state index in [0.29, 0.717) is 11.5 Å². The Labute approximate surface area is 97.5 Å². The number of carbonyl (C=O) groups excluding carboxylic acids is 1. The normalized spacial score (nSPS) is 10.9. The van der Waals surface area contributed by atoms with Gasteiger partial charge in [-0.15, -0.1) is 0 Å². The molecule has 1 rings (SSSR count). The topological polar surface area (TPSA) is 35.5 Å². The lowest BCUT2D eigenvalue weighted by Gasteiger charge is -2.23. The molecule has 0 heterocycles. The van der Waals surface area contributed by atoms with E-state index in [-0.39, 0.29) is 4.69 Å².